The summed E-state index contributed by atoms with van der Waals surface area (Å²) < 4.78 is 6.88. The lowest BCUT2D eigenvalue weighted by Gasteiger charge is -2.11. The quantitative estimate of drug-likeness (QED) is 0.492. The highest BCUT2D eigenvalue weighted by Crippen LogP contribution is 2.25. The average molecular weight is 387 g/mol. The number of nitrogens with zero attached hydrogens (tertiary/aromatic N) is 4. The van der Waals surface area contributed by atoms with Crippen molar-refractivity contribution in [2.24, 2.45) is 4.99 Å². The first kappa shape index (κ1) is 19.8. The van der Waals surface area contributed by atoms with E-state index in [2.05, 4.69) is 16.9 Å². The zero-order valence-electron chi connectivity index (χ0n) is 16.1. The lowest BCUT2D eigenvalue weighted by atomic mass is 10.2. The van der Waals surface area contributed by atoms with E-state index in [1.165, 1.54) is 4.57 Å². The maximum absolute atomic E-state index is 12.3. The topological polar surface area (TPSA) is 106 Å². The fourth-order valence-corrected chi connectivity index (χ4v) is 2.68. The maximum Gasteiger partial charge on any atom is 0.355 e. The molecule has 146 valence electrons. The van der Waals surface area contributed by atoms with E-state index >= 15 is 0 Å². The summed E-state index contributed by atoms with van der Waals surface area (Å²) >= 11 is 0. The van der Waals surface area contributed by atoms with Crippen molar-refractivity contribution in [3.8, 4) is 17.5 Å². The number of rotatable bonds is 7. The third-order valence-corrected chi connectivity index (χ3v) is 4.22. The monoisotopic (exact) mass is 387 g/mol. The van der Waals surface area contributed by atoms with Crippen molar-refractivity contribution < 1.29 is 4.74 Å². The molecule has 3 rings (SSSR count). The van der Waals surface area contributed by atoms with Gasteiger partial charge in [-0.1, -0.05) is 31.5 Å². The molecule has 29 heavy (non-hydrogen) atoms. The van der Waals surface area contributed by atoms with E-state index in [-0.39, 0.29) is 17.2 Å². The standard InChI is InChI=1S/C22H21N5O2/c1-2-3-13-29-18-11-9-16(10-12-18)15-25-20-19(14-23)26-22(28)27(21(20)24)17-7-5-4-6-8-17/h4-12,15H,2-3,13,24H2,1H3. The molecule has 0 aliphatic carbocycles. The molecular weight excluding hydrogens is 366 g/mol. The number of ether oxygens (including phenoxy) is 1. The Bertz CT molecular complexity index is 1100. The van der Waals surface area contributed by atoms with Crippen LogP contribution in [0.1, 0.15) is 31.0 Å². The molecule has 0 radical (unpaired) electrons. The number of benzene rings is 2. The molecule has 1 aromatic heterocycles. The molecule has 3 aromatic rings. The summed E-state index contributed by atoms with van der Waals surface area (Å²) in [6, 6.07) is 18.2. The van der Waals surface area contributed by atoms with Crippen molar-refractivity contribution >= 4 is 17.7 Å². The number of aromatic nitrogens is 2. The van der Waals surface area contributed by atoms with Crippen LogP contribution in [0.2, 0.25) is 0 Å². The molecule has 0 fully saturated rings. The Morgan fingerprint density at radius 2 is 1.93 bits per heavy atom. The predicted octanol–water partition coefficient (Wildman–Crippen LogP) is 3.62. The summed E-state index contributed by atoms with van der Waals surface area (Å²) in [5.74, 6) is 0.843. The minimum Gasteiger partial charge on any atom is -0.494 e. The molecule has 0 aliphatic heterocycles. The number of para-hydroxylation sites is 1. The summed E-state index contributed by atoms with van der Waals surface area (Å²) in [5.41, 5.74) is 6.95. The predicted molar refractivity (Wildman–Crippen MR) is 113 cm³/mol. The second-order valence-corrected chi connectivity index (χ2v) is 6.29. The Morgan fingerprint density at radius 3 is 2.59 bits per heavy atom. The second-order valence-electron chi connectivity index (χ2n) is 6.29. The number of unbranched alkanes of at least 4 members (excludes halogenated alkanes) is 1. The Kier molecular flexibility index (Phi) is 6.38. The van der Waals surface area contributed by atoms with Gasteiger partial charge in [0.25, 0.3) is 0 Å². The molecule has 0 bridgehead atoms. The van der Waals surface area contributed by atoms with Crippen LogP contribution in [0.4, 0.5) is 11.5 Å². The molecule has 7 heteroatoms. The summed E-state index contributed by atoms with van der Waals surface area (Å²) in [6.07, 6.45) is 3.65. The van der Waals surface area contributed by atoms with Gasteiger partial charge in [-0.2, -0.15) is 10.2 Å². The summed E-state index contributed by atoms with van der Waals surface area (Å²) in [6.45, 7) is 2.79. The number of nitrogens with two attached hydrogens (primary N) is 1. The normalized spacial score (nSPS) is 10.8. The smallest absolute Gasteiger partial charge is 0.355 e. The fourth-order valence-electron chi connectivity index (χ4n) is 2.68. The van der Waals surface area contributed by atoms with Gasteiger partial charge in [0.2, 0.25) is 0 Å². The van der Waals surface area contributed by atoms with Crippen LogP contribution in [0.5, 0.6) is 5.75 Å². The lowest BCUT2D eigenvalue weighted by Crippen LogP contribution is -2.25. The van der Waals surface area contributed by atoms with Crippen LogP contribution in [0.3, 0.4) is 0 Å². The van der Waals surface area contributed by atoms with Crippen LogP contribution >= 0.6 is 0 Å². The molecule has 2 aromatic carbocycles. The third kappa shape index (κ3) is 4.68. The highest BCUT2D eigenvalue weighted by atomic mass is 16.5. The minimum absolute atomic E-state index is 0.0588. The van der Waals surface area contributed by atoms with Gasteiger partial charge in [-0.3, -0.25) is 0 Å². The first-order chi connectivity index (χ1) is 14.1. The molecule has 0 unspecified atom stereocenters. The molecule has 0 atom stereocenters. The van der Waals surface area contributed by atoms with Crippen LogP contribution in [0.15, 0.2) is 64.4 Å². The number of nitriles is 1. The summed E-state index contributed by atoms with van der Waals surface area (Å²) in [4.78, 5) is 20.5. The first-order valence-electron chi connectivity index (χ1n) is 9.29. The van der Waals surface area contributed by atoms with E-state index in [1.54, 1.807) is 30.5 Å². The molecular formula is C22H21N5O2. The van der Waals surface area contributed by atoms with Gasteiger partial charge in [0.05, 0.1) is 12.3 Å². The zero-order valence-corrected chi connectivity index (χ0v) is 16.1. The van der Waals surface area contributed by atoms with Crippen LogP contribution in [0, 0.1) is 11.3 Å². The molecule has 0 amide bonds. The fraction of sp³-hybridized carbons (Fsp3) is 0.182. The van der Waals surface area contributed by atoms with Crippen molar-refractivity contribution in [1.82, 2.24) is 9.55 Å². The van der Waals surface area contributed by atoms with Gasteiger partial charge in [0, 0.05) is 6.21 Å². The highest BCUT2D eigenvalue weighted by molar-refractivity contribution is 5.84. The lowest BCUT2D eigenvalue weighted by molar-refractivity contribution is 0.309. The molecule has 0 spiro atoms. The number of hydrogen-bond acceptors (Lipinski definition) is 6. The van der Waals surface area contributed by atoms with Crippen LogP contribution in [0.25, 0.3) is 5.69 Å². The van der Waals surface area contributed by atoms with Crippen molar-refractivity contribution in [3.63, 3.8) is 0 Å². The molecule has 0 aliphatic rings. The molecule has 2 N–H and O–H groups in total. The van der Waals surface area contributed by atoms with Gasteiger partial charge in [-0.25, -0.2) is 14.4 Å². The summed E-state index contributed by atoms with van der Waals surface area (Å²) in [7, 11) is 0. The van der Waals surface area contributed by atoms with E-state index in [4.69, 9.17) is 10.5 Å². The van der Waals surface area contributed by atoms with Gasteiger partial charge < -0.3 is 10.5 Å². The Labute approximate surface area is 168 Å². The van der Waals surface area contributed by atoms with Gasteiger partial charge in [-0.05, 0) is 48.4 Å². The van der Waals surface area contributed by atoms with Crippen molar-refractivity contribution in [2.45, 2.75) is 19.8 Å². The highest BCUT2D eigenvalue weighted by Gasteiger charge is 2.15. The molecule has 0 saturated heterocycles. The van der Waals surface area contributed by atoms with E-state index in [0.717, 1.165) is 24.2 Å². The van der Waals surface area contributed by atoms with Gasteiger partial charge in [0.1, 0.15) is 23.3 Å². The average Bonchev–Trinajstić information content (AvgIpc) is 2.74. The van der Waals surface area contributed by atoms with Crippen molar-refractivity contribution in [3.05, 3.63) is 76.3 Å². The molecule has 1 heterocycles. The number of hydrogen-bond donors (Lipinski definition) is 1. The minimum atomic E-state index is -0.627. The van der Waals surface area contributed by atoms with E-state index in [9.17, 15) is 10.1 Å². The Hall–Kier alpha value is -3.92. The Morgan fingerprint density at radius 1 is 1.21 bits per heavy atom. The van der Waals surface area contributed by atoms with E-state index in [0.29, 0.717) is 12.3 Å². The zero-order chi connectivity index (χ0) is 20.6. The maximum atomic E-state index is 12.3. The van der Waals surface area contributed by atoms with Gasteiger partial charge >= 0.3 is 5.69 Å². The van der Waals surface area contributed by atoms with E-state index in [1.807, 2.05) is 36.4 Å². The molecule has 7 nitrogen and oxygen atoms in total. The van der Waals surface area contributed by atoms with Gasteiger partial charge in [0.15, 0.2) is 5.69 Å². The second kappa shape index (κ2) is 9.33. The van der Waals surface area contributed by atoms with Crippen molar-refractivity contribution in [2.75, 3.05) is 12.3 Å². The van der Waals surface area contributed by atoms with Crippen LogP contribution < -0.4 is 16.2 Å². The van der Waals surface area contributed by atoms with Crippen molar-refractivity contribution in [1.29, 1.82) is 5.26 Å². The Balaban J connectivity index is 1.92. The number of nitrogen functional groups attached to an aromatic ring is 1. The third-order valence-electron chi connectivity index (χ3n) is 4.22. The van der Waals surface area contributed by atoms with Crippen LogP contribution in [-0.2, 0) is 0 Å². The van der Waals surface area contributed by atoms with Gasteiger partial charge in [-0.15, -0.1) is 0 Å². The largest absolute Gasteiger partial charge is 0.494 e. The summed E-state index contributed by atoms with van der Waals surface area (Å²) in [5, 5.41) is 9.36. The number of anilines is 1. The number of aliphatic imine (C=N–C) groups is 1. The SMILES string of the molecule is CCCCOc1ccc(C=Nc2c(C#N)nc(=O)n(-c3ccccc3)c2N)cc1. The molecule has 0 saturated carbocycles. The van der Waals surface area contributed by atoms with Crippen LogP contribution in [-0.4, -0.2) is 22.4 Å². The first-order valence-corrected chi connectivity index (χ1v) is 9.29. The van der Waals surface area contributed by atoms with E-state index < -0.39 is 5.69 Å².